The summed E-state index contributed by atoms with van der Waals surface area (Å²) >= 11 is 0. The van der Waals surface area contributed by atoms with Crippen LogP contribution in [0.4, 0.5) is 5.82 Å². The maximum Gasteiger partial charge on any atom is 0.260 e. The Morgan fingerprint density at radius 3 is 2.60 bits per heavy atom. The SMILES string of the molecule is CN(CCc1ccccc1)c1ccc2c(-c3ccccn3)noc2n1. The molecule has 5 heteroatoms. The summed E-state index contributed by atoms with van der Waals surface area (Å²) in [5.41, 5.74) is 3.35. The predicted octanol–water partition coefficient (Wildman–Crippen LogP) is 3.96. The molecule has 0 bridgehead atoms. The zero-order chi connectivity index (χ0) is 17.1. The van der Waals surface area contributed by atoms with Crippen LogP contribution in [0.3, 0.4) is 0 Å². The molecule has 0 radical (unpaired) electrons. The van der Waals surface area contributed by atoms with E-state index >= 15 is 0 Å². The van der Waals surface area contributed by atoms with Crippen molar-refractivity contribution in [3.63, 3.8) is 0 Å². The van der Waals surface area contributed by atoms with Gasteiger partial charge in [0.1, 0.15) is 11.5 Å². The first-order valence-electron chi connectivity index (χ1n) is 8.24. The van der Waals surface area contributed by atoms with E-state index in [1.165, 1.54) is 5.56 Å². The molecule has 1 aromatic carbocycles. The monoisotopic (exact) mass is 330 g/mol. The van der Waals surface area contributed by atoms with Gasteiger partial charge in [-0.15, -0.1) is 0 Å². The third-order valence-electron chi connectivity index (χ3n) is 4.20. The van der Waals surface area contributed by atoms with Crippen LogP contribution in [0.15, 0.2) is 71.4 Å². The Balaban J connectivity index is 1.55. The normalized spacial score (nSPS) is 10.9. The van der Waals surface area contributed by atoms with E-state index in [9.17, 15) is 0 Å². The molecule has 0 saturated carbocycles. The summed E-state index contributed by atoms with van der Waals surface area (Å²) in [5.74, 6) is 0.868. The van der Waals surface area contributed by atoms with Gasteiger partial charge in [0.2, 0.25) is 0 Å². The van der Waals surface area contributed by atoms with Crippen molar-refractivity contribution in [3.8, 4) is 11.4 Å². The van der Waals surface area contributed by atoms with Crippen molar-refractivity contribution in [2.75, 3.05) is 18.5 Å². The van der Waals surface area contributed by atoms with E-state index in [4.69, 9.17) is 4.52 Å². The van der Waals surface area contributed by atoms with Crippen LogP contribution in [0.25, 0.3) is 22.5 Å². The molecule has 5 nitrogen and oxygen atoms in total. The third kappa shape index (κ3) is 3.21. The van der Waals surface area contributed by atoms with Gasteiger partial charge < -0.3 is 9.42 Å². The van der Waals surface area contributed by atoms with Crippen LogP contribution in [0.2, 0.25) is 0 Å². The highest BCUT2D eigenvalue weighted by molar-refractivity contribution is 5.89. The van der Waals surface area contributed by atoms with E-state index < -0.39 is 0 Å². The van der Waals surface area contributed by atoms with Crippen LogP contribution in [0.1, 0.15) is 5.56 Å². The smallest absolute Gasteiger partial charge is 0.260 e. The van der Waals surface area contributed by atoms with Crippen LogP contribution < -0.4 is 4.90 Å². The van der Waals surface area contributed by atoms with E-state index in [-0.39, 0.29) is 0 Å². The highest BCUT2D eigenvalue weighted by atomic mass is 16.5. The van der Waals surface area contributed by atoms with E-state index in [1.807, 2.05) is 43.4 Å². The zero-order valence-electron chi connectivity index (χ0n) is 14.0. The Morgan fingerprint density at radius 1 is 0.960 bits per heavy atom. The molecule has 0 atom stereocenters. The molecule has 0 aliphatic rings. The molecule has 0 fully saturated rings. The lowest BCUT2D eigenvalue weighted by molar-refractivity contribution is 0.451. The molecule has 0 aliphatic heterocycles. The van der Waals surface area contributed by atoms with Gasteiger partial charge in [0.15, 0.2) is 0 Å². The van der Waals surface area contributed by atoms with Crippen molar-refractivity contribution in [1.29, 1.82) is 0 Å². The molecule has 3 heterocycles. The molecule has 4 rings (SSSR count). The number of anilines is 1. The number of hydrogen-bond acceptors (Lipinski definition) is 5. The molecule has 0 amide bonds. The lowest BCUT2D eigenvalue weighted by atomic mass is 10.1. The van der Waals surface area contributed by atoms with Gasteiger partial charge in [0.25, 0.3) is 5.71 Å². The number of fused-ring (bicyclic) bond motifs is 1. The molecule has 0 aliphatic carbocycles. The lowest BCUT2D eigenvalue weighted by Gasteiger charge is -2.17. The average molecular weight is 330 g/mol. The van der Waals surface area contributed by atoms with E-state index in [0.717, 1.165) is 35.6 Å². The Bertz CT molecular complexity index is 967. The summed E-state index contributed by atoms with van der Waals surface area (Å²) in [5, 5.41) is 5.02. The van der Waals surface area contributed by atoms with Gasteiger partial charge >= 0.3 is 0 Å². The first-order valence-corrected chi connectivity index (χ1v) is 8.24. The van der Waals surface area contributed by atoms with Crippen molar-refractivity contribution in [2.24, 2.45) is 0 Å². The fourth-order valence-electron chi connectivity index (χ4n) is 2.77. The highest BCUT2D eigenvalue weighted by Crippen LogP contribution is 2.27. The molecule has 124 valence electrons. The quantitative estimate of drug-likeness (QED) is 0.554. The van der Waals surface area contributed by atoms with Crippen LogP contribution in [0, 0.1) is 0 Å². The first kappa shape index (κ1) is 15.3. The van der Waals surface area contributed by atoms with Gasteiger partial charge in [0.05, 0.1) is 11.1 Å². The minimum atomic E-state index is 0.532. The van der Waals surface area contributed by atoms with Gasteiger partial charge in [-0.05, 0) is 36.2 Å². The number of pyridine rings is 2. The van der Waals surface area contributed by atoms with Crippen molar-refractivity contribution < 1.29 is 4.52 Å². The molecule has 3 aromatic heterocycles. The van der Waals surface area contributed by atoms with Crippen molar-refractivity contribution in [1.82, 2.24) is 15.1 Å². The first-order chi connectivity index (χ1) is 12.3. The predicted molar refractivity (Wildman–Crippen MR) is 98.5 cm³/mol. The number of aromatic nitrogens is 3. The molecule has 4 aromatic rings. The van der Waals surface area contributed by atoms with Crippen molar-refractivity contribution >= 4 is 16.9 Å². The highest BCUT2D eigenvalue weighted by Gasteiger charge is 2.14. The van der Waals surface area contributed by atoms with Crippen LogP contribution in [-0.2, 0) is 6.42 Å². The maximum absolute atomic E-state index is 5.43. The van der Waals surface area contributed by atoms with Crippen LogP contribution in [0.5, 0.6) is 0 Å². The number of hydrogen-bond donors (Lipinski definition) is 0. The molecule has 0 saturated heterocycles. The van der Waals surface area contributed by atoms with Gasteiger partial charge in [-0.25, -0.2) is 0 Å². The standard InChI is InChI=1S/C20H18N4O/c1-24(14-12-15-7-3-2-4-8-15)18-11-10-16-19(23-25-20(16)22-18)17-9-5-6-13-21-17/h2-11,13H,12,14H2,1H3. The summed E-state index contributed by atoms with van der Waals surface area (Å²) in [6.45, 7) is 0.879. The van der Waals surface area contributed by atoms with Crippen LogP contribution >= 0.6 is 0 Å². The fraction of sp³-hybridized carbons (Fsp3) is 0.150. The Kier molecular flexibility index (Phi) is 4.12. The van der Waals surface area contributed by atoms with Crippen LogP contribution in [-0.4, -0.2) is 28.7 Å². The Labute approximate surface area is 145 Å². The second-order valence-electron chi connectivity index (χ2n) is 5.93. The van der Waals surface area contributed by atoms with Gasteiger partial charge in [0, 0.05) is 19.8 Å². The Morgan fingerprint density at radius 2 is 1.80 bits per heavy atom. The van der Waals surface area contributed by atoms with Gasteiger partial charge in [-0.1, -0.05) is 41.6 Å². The van der Waals surface area contributed by atoms with E-state index in [1.54, 1.807) is 6.20 Å². The number of likely N-dealkylation sites (N-methyl/N-ethyl adjacent to an activating group) is 1. The fourth-order valence-corrected chi connectivity index (χ4v) is 2.77. The number of rotatable bonds is 5. The van der Waals surface area contributed by atoms with Crippen molar-refractivity contribution in [3.05, 3.63) is 72.4 Å². The lowest BCUT2D eigenvalue weighted by Crippen LogP contribution is -2.21. The number of nitrogens with zero attached hydrogens (tertiary/aromatic N) is 4. The minimum Gasteiger partial charge on any atom is -0.359 e. The van der Waals surface area contributed by atoms with Gasteiger partial charge in [-0.3, -0.25) is 4.98 Å². The van der Waals surface area contributed by atoms with Gasteiger partial charge in [-0.2, -0.15) is 4.98 Å². The molecular weight excluding hydrogens is 312 g/mol. The average Bonchev–Trinajstić information content (AvgIpc) is 3.11. The van der Waals surface area contributed by atoms with E-state index in [0.29, 0.717) is 5.71 Å². The third-order valence-corrected chi connectivity index (χ3v) is 4.20. The maximum atomic E-state index is 5.43. The molecule has 0 spiro atoms. The zero-order valence-corrected chi connectivity index (χ0v) is 14.0. The summed E-state index contributed by atoms with van der Waals surface area (Å²) < 4.78 is 5.43. The second-order valence-corrected chi connectivity index (χ2v) is 5.93. The number of benzene rings is 1. The van der Waals surface area contributed by atoms with Crippen molar-refractivity contribution in [2.45, 2.75) is 6.42 Å². The Hall–Kier alpha value is -3.21. The summed E-state index contributed by atoms with van der Waals surface area (Å²) in [7, 11) is 2.03. The topological polar surface area (TPSA) is 55.1 Å². The molecular formula is C20H18N4O. The summed E-state index contributed by atoms with van der Waals surface area (Å²) in [4.78, 5) is 11.1. The summed E-state index contributed by atoms with van der Waals surface area (Å²) in [6, 6.07) is 20.2. The molecule has 0 N–H and O–H groups in total. The molecule has 25 heavy (non-hydrogen) atoms. The van der Waals surface area contributed by atoms with E-state index in [2.05, 4.69) is 44.3 Å². The summed E-state index contributed by atoms with van der Waals surface area (Å²) in [6.07, 6.45) is 2.71. The minimum absolute atomic E-state index is 0.532. The second kappa shape index (κ2) is 6.73. The largest absolute Gasteiger partial charge is 0.359 e. The molecule has 0 unspecified atom stereocenters.